The Morgan fingerprint density at radius 3 is 2.32 bits per heavy atom. The zero-order chi connectivity index (χ0) is 20.9. The molecule has 0 bridgehead atoms. The molecule has 0 aromatic heterocycles. The quantitative estimate of drug-likeness (QED) is 0.403. The lowest BCUT2D eigenvalue weighted by Crippen LogP contribution is -2.20. The molecule has 2 rings (SSSR count). The van der Waals surface area contributed by atoms with Gasteiger partial charge in [-0.2, -0.15) is 0 Å². The zero-order valence-electron chi connectivity index (χ0n) is 16.7. The van der Waals surface area contributed by atoms with Crippen LogP contribution in [0.15, 0.2) is 48.5 Å². The van der Waals surface area contributed by atoms with Gasteiger partial charge in [0.2, 0.25) is 5.91 Å². The molecular weight excluding hydrogens is 356 g/mol. The van der Waals surface area contributed by atoms with Gasteiger partial charge in [-0.1, -0.05) is 58.0 Å². The number of nitrogens with zero attached hydrogens (tertiary/aromatic N) is 1. The molecule has 6 nitrogen and oxygen atoms in total. The van der Waals surface area contributed by atoms with E-state index in [0.717, 1.165) is 6.42 Å². The minimum absolute atomic E-state index is 0.109. The predicted molar refractivity (Wildman–Crippen MR) is 109 cm³/mol. The Balaban J connectivity index is 2.27. The molecule has 0 spiro atoms. The smallest absolute Gasteiger partial charge is 0.270 e. The van der Waals surface area contributed by atoms with Gasteiger partial charge >= 0.3 is 0 Å². The van der Waals surface area contributed by atoms with Crippen molar-refractivity contribution in [2.24, 2.45) is 11.3 Å². The summed E-state index contributed by atoms with van der Waals surface area (Å²) in [5, 5.41) is 13.9. The molecule has 1 amide bonds. The lowest BCUT2D eigenvalue weighted by atomic mass is 9.84. The number of amides is 1. The number of anilines is 1. The molecule has 0 radical (unpaired) electrons. The molecule has 2 aromatic rings. The zero-order valence-corrected chi connectivity index (χ0v) is 16.7. The molecule has 0 saturated carbocycles. The monoisotopic (exact) mass is 382 g/mol. The van der Waals surface area contributed by atoms with Crippen LogP contribution < -0.4 is 5.32 Å². The van der Waals surface area contributed by atoms with E-state index in [9.17, 15) is 19.7 Å². The maximum atomic E-state index is 12.9. The van der Waals surface area contributed by atoms with Crippen molar-refractivity contribution in [3.63, 3.8) is 0 Å². The first kappa shape index (κ1) is 21.3. The summed E-state index contributed by atoms with van der Waals surface area (Å²) < 4.78 is 0. The summed E-state index contributed by atoms with van der Waals surface area (Å²) in [6.45, 7) is 8.37. The van der Waals surface area contributed by atoms with Crippen LogP contribution in [-0.4, -0.2) is 16.6 Å². The van der Waals surface area contributed by atoms with Crippen molar-refractivity contribution in [1.82, 2.24) is 0 Å². The van der Waals surface area contributed by atoms with Crippen molar-refractivity contribution in [1.29, 1.82) is 0 Å². The lowest BCUT2D eigenvalue weighted by molar-refractivity contribution is -0.384. The molecule has 0 aliphatic heterocycles. The van der Waals surface area contributed by atoms with E-state index in [4.69, 9.17) is 0 Å². The maximum absolute atomic E-state index is 12.9. The van der Waals surface area contributed by atoms with E-state index in [0.29, 0.717) is 12.0 Å². The highest BCUT2D eigenvalue weighted by atomic mass is 16.6. The number of nitrogens with one attached hydrogen (secondary N) is 1. The largest absolute Gasteiger partial charge is 0.325 e. The fourth-order valence-corrected chi connectivity index (χ4v) is 3.32. The molecule has 1 unspecified atom stereocenters. The molecule has 1 N–H and O–H groups in total. The Bertz CT molecular complexity index is 870. The number of rotatable bonds is 7. The number of carbonyl (C=O) groups is 2. The Kier molecular flexibility index (Phi) is 6.67. The Morgan fingerprint density at radius 1 is 1.11 bits per heavy atom. The van der Waals surface area contributed by atoms with E-state index >= 15 is 0 Å². The lowest BCUT2D eigenvalue weighted by Gasteiger charge is -2.23. The number of benzene rings is 2. The third-order valence-corrected chi connectivity index (χ3v) is 4.26. The molecule has 0 heterocycles. The van der Waals surface area contributed by atoms with Gasteiger partial charge < -0.3 is 5.32 Å². The van der Waals surface area contributed by atoms with Gasteiger partial charge in [0, 0.05) is 24.1 Å². The van der Waals surface area contributed by atoms with E-state index in [1.807, 2.05) is 6.92 Å². The van der Waals surface area contributed by atoms with Gasteiger partial charge in [-0.25, -0.2) is 0 Å². The first-order chi connectivity index (χ1) is 13.1. The van der Waals surface area contributed by atoms with Crippen molar-refractivity contribution >= 4 is 23.1 Å². The number of carbonyl (C=O) groups excluding carboxylic acids is 2. The van der Waals surface area contributed by atoms with Gasteiger partial charge in [0.1, 0.15) is 0 Å². The summed E-state index contributed by atoms with van der Waals surface area (Å²) in [5.74, 6) is -0.415. The number of non-ortho nitro benzene ring substituents is 1. The van der Waals surface area contributed by atoms with Gasteiger partial charge in [-0.15, -0.1) is 0 Å². The third-order valence-electron chi connectivity index (χ3n) is 4.26. The highest BCUT2D eigenvalue weighted by molar-refractivity contribution is 6.14. The highest BCUT2D eigenvalue weighted by Crippen LogP contribution is 2.28. The average Bonchev–Trinajstić information content (AvgIpc) is 2.60. The first-order valence-corrected chi connectivity index (χ1v) is 9.25. The van der Waals surface area contributed by atoms with Crippen LogP contribution >= 0.6 is 0 Å². The SMILES string of the molecule is CC(CC(=O)Nc1ccc([N+](=O)[O-])cc1C(=O)c1ccccc1)CC(C)(C)C. The summed E-state index contributed by atoms with van der Waals surface area (Å²) in [4.78, 5) is 35.9. The summed E-state index contributed by atoms with van der Waals surface area (Å²) >= 11 is 0. The maximum Gasteiger partial charge on any atom is 0.270 e. The van der Waals surface area contributed by atoms with Crippen LogP contribution in [-0.2, 0) is 4.79 Å². The van der Waals surface area contributed by atoms with Gasteiger partial charge in [-0.05, 0) is 23.8 Å². The fraction of sp³-hybridized carbons (Fsp3) is 0.364. The third kappa shape index (κ3) is 6.01. The van der Waals surface area contributed by atoms with Crippen LogP contribution in [0.4, 0.5) is 11.4 Å². The van der Waals surface area contributed by atoms with E-state index in [1.165, 1.54) is 18.2 Å². The molecular formula is C22H26N2O4. The Morgan fingerprint density at radius 2 is 1.75 bits per heavy atom. The molecule has 0 fully saturated rings. The second-order valence-electron chi connectivity index (χ2n) is 8.30. The predicted octanol–water partition coefficient (Wildman–Crippen LogP) is 5.23. The number of nitro groups is 1. The van der Waals surface area contributed by atoms with Crippen LogP contribution in [0.25, 0.3) is 0 Å². The fourth-order valence-electron chi connectivity index (χ4n) is 3.32. The van der Waals surface area contributed by atoms with Crippen LogP contribution in [0.5, 0.6) is 0 Å². The molecule has 0 saturated heterocycles. The van der Waals surface area contributed by atoms with Crippen LogP contribution in [0.2, 0.25) is 0 Å². The van der Waals surface area contributed by atoms with E-state index in [-0.39, 0.29) is 40.0 Å². The van der Waals surface area contributed by atoms with Crippen LogP contribution in [0.1, 0.15) is 56.5 Å². The normalized spacial score (nSPS) is 12.3. The van der Waals surface area contributed by atoms with E-state index in [2.05, 4.69) is 26.1 Å². The average molecular weight is 382 g/mol. The Hall–Kier alpha value is -3.02. The molecule has 2 aromatic carbocycles. The van der Waals surface area contributed by atoms with Crippen molar-refractivity contribution in [2.45, 2.75) is 40.5 Å². The molecule has 0 aliphatic carbocycles. The standard InChI is InChI=1S/C22H26N2O4/c1-15(14-22(2,3)4)12-20(25)23-19-11-10-17(24(27)28)13-18(19)21(26)16-8-6-5-7-9-16/h5-11,13,15H,12,14H2,1-4H3,(H,23,25). The number of nitro benzene ring substituents is 1. The first-order valence-electron chi connectivity index (χ1n) is 9.25. The van der Waals surface area contributed by atoms with Crippen molar-refractivity contribution < 1.29 is 14.5 Å². The van der Waals surface area contributed by atoms with Gasteiger partial charge in [0.25, 0.3) is 5.69 Å². The van der Waals surface area contributed by atoms with Gasteiger partial charge in [0.05, 0.1) is 16.2 Å². The van der Waals surface area contributed by atoms with Gasteiger partial charge in [0.15, 0.2) is 5.78 Å². The molecule has 28 heavy (non-hydrogen) atoms. The van der Waals surface area contributed by atoms with E-state index in [1.54, 1.807) is 30.3 Å². The molecule has 0 aliphatic rings. The van der Waals surface area contributed by atoms with Crippen molar-refractivity contribution in [3.05, 3.63) is 69.8 Å². The van der Waals surface area contributed by atoms with E-state index < -0.39 is 4.92 Å². The van der Waals surface area contributed by atoms with Crippen molar-refractivity contribution in [2.75, 3.05) is 5.32 Å². The topological polar surface area (TPSA) is 89.3 Å². The number of hydrogen-bond donors (Lipinski definition) is 1. The molecule has 1 atom stereocenters. The highest BCUT2D eigenvalue weighted by Gasteiger charge is 2.21. The Labute approximate surface area is 165 Å². The second-order valence-corrected chi connectivity index (χ2v) is 8.30. The summed E-state index contributed by atoms with van der Waals surface area (Å²) in [5.41, 5.74) is 0.712. The summed E-state index contributed by atoms with van der Waals surface area (Å²) in [7, 11) is 0. The van der Waals surface area contributed by atoms with Crippen LogP contribution in [0.3, 0.4) is 0 Å². The molecule has 6 heteroatoms. The second kappa shape index (κ2) is 8.78. The summed E-state index contributed by atoms with van der Waals surface area (Å²) in [6, 6.07) is 12.4. The minimum Gasteiger partial charge on any atom is -0.325 e. The van der Waals surface area contributed by atoms with Crippen LogP contribution in [0, 0.1) is 21.4 Å². The summed E-state index contributed by atoms with van der Waals surface area (Å²) in [6.07, 6.45) is 1.20. The molecule has 148 valence electrons. The van der Waals surface area contributed by atoms with Crippen molar-refractivity contribution in [3.8, 4) is 0 Å². The van der Waals surface area contributed by atoms with Gasteiger partial charge in [-0.3, -0.25) is 19.7 Å². The minimum atomic E-state index is -0.557. The number of hydrogen-bond acceptors (Lipinski definition) is 4. The number of ketones is 1.